The molecule has 0 aliphatic carbocycles. The first-order valence-electron chi connectivity index (χ1n) is 6.80. The van der Waals surface area contributed by atoms with Gasteiger partial charge >= 0.3 is 0 Å². The van der Waals surface area contributed by atoms with Crippen LogP contribution in [0.4, 0.5) is 0 Å². The fourth-order valence-electron chi connectivity index (χ4n) is 1.78. The van der Waals surface area contributed by atoms with Gasteiger partial charge in [-0.2, -0.15) is 0 Å². The number of carbonyl (C=O) groups excluding carboxylic acids is 1. The number of aromatic nitrogens is 1. The van der Waals surface area contributed by atoms with Gasteiger partial charge in [-0.3, -0.25) is 4.79 Å². The zero-order chi connectivity index (χ0) is 16.9. The van der Waals surface area contributed by atoms with E-state index < -0.39 is 10.0 Å². The van der Waals surface area contributed by atoms with E-state index in [9.17, 15) is 13.2 Å². The molecule has 2 rings (SSSR count). The Labute approximate surface area is 143 Å². The van der Waals surface area contributed by atoms with Crippen molar-refractivity contribution in [1.29, 1.82) is 0 Å². The summed E-state index contributed by atoms with van der Waals surface area (Å²) in [6.07, 6.45) is 0.0446. The van der Waals surface area contributed by atoms with E-state index in [2.05, 4.69) is 15.0 Å². The lowest BCUT2D eigenvalue weighted by molar-refractivity contribution is -0.121. The highest BCUT2D eigenvalue weighted by Crippen LogP contribution is 2.15. The molecule has 2 N–H and O–H groups in total. The molecular weight excluding hydrogens is 358 g/mol. The second-order valence-corrected chi connectivity index (χ2v) is 8.01. The van der Waals surface area contributed by atoms with Crippen LogP contribution < -0.4 is 10.0 Å². The Kier molecular flexibility index (Phi) is 6.11. The van der Waals surface area contributed by atoms with Gasteiger partial charge in [0.1, 0.15) is 0 Å². The first-order chi connectivity index (χ1) is 10.9. The monoisotopic (exact) mass is 373 g/mol. The van der Waals surface area contributed by atoms with Crippen molar-refractivity contribution in [1.82, 2.24) is 15.0 Å². The molecule has 1 heterocycles. The molecule has 0 fully saturated rings. The fraction of sp³-hybridized carbons (Fsp3) is 0.286. The molecule has 0 saturated heterocycles. The Hall–Kier alpha value is -1.48. The summed E-state index contributed by atoms with van der Waals surface area (Å²) in [5.41, 5.74) is 0.792. The molecule has 0 bridgehead atoms. The van der Waals surface area contributed by atoms with E-state index in [1.807, 2.05) is 12.3 Å². The van der Waals surface area contributed by atoms with Crippen molar-refractivity contribution in [3.63, 3.8) is 0 Å². The van der Waals surface area contributed by atoms with Crippen LogP contribution >= 0.6 is 22.9 Å². The molecule has 0 aliphatic heterocycles. The van der Waals surface area contributed by atoms with Crippen molar-refractivity contribution < 1.29 is 13.2 Å². The van der Waals surface area contributed by atoms with Gasteiger partial charge in [-0.05, 0) is 25.1 Å². The summed E-state index contributed by atoms with van der Waals surface area (Å²) in [5, 5.41) is 5.84. The minimum Gasteiger partial charge on any atom is -0.350 e. The lowest BCUT2D eigenvalue weighted by Gasteiger charge is -2.07. The van der Waals surface area contributed by atoms with E-state index in [1.54, 1.807) is 12.1 Å². The number of thiazole rings is 1. The molecule has 124 valence electrons. The molecule has 6 nitrogen and oxygen atoms in total. The minimum atomic E-state index is -3.67. The van der Waals surface area contributed by atoms with Gasteiger partial charge in [-0.15, -0.1) is 11.3 Å². The normalized spacial score (nSPS) is 11.4. The van der Waals surface area contributed by atoms with Crippen molar-refractivity contribution in [3.8, 4) is 0 Å². The lowest BCUT2D eigenvalue weighted by atomic mass is 10.4. The summed E-state index contributed by atoms with van der Waals surface area (Å²) in [5.74, 6) is -0.246. The number of benzene rings is 1. The maximum Gasteiger partial charge on any atom is 0.240 e. The molecule has 0 saturated carbocycles. The molecule has 0 radical (unpaired) electrons. The predicted octanol–water partition coefficient (Wildman–Crippen LogP) is 2.09. The number of nitrogens with one attached hydrogen (secondary N) is 2. The topological polar surface area (TPSA) is 88.2 Å². The summed E-state index contributed by atoms with van der Waals surface area (Å²) in [4.78, 5) is 16.0. The number of aryl methyl sites for hydroxylation is 1. The third kappa shape index (κ3) is 5.58. The van der Waals surface area contributed by atoms with Crippen LogP contribution in [0.15, 0.2) is 34.5 Å². The number of sulfonamides is 1. The molecular formula is C14H16ClN3O3S2. The van der Waals surface area contributed by atoms with Gasteiger partial charge in [-0.1, -0.05) is 17.7 Å². The summed E-state index contributed by atoms with van der Waals surface area (Å²) >= 11 is 7.29. The molecule has 1 aromatic carbocycles. The van der Waals surface area contributed by atoms with Gasteiger partial charge in [-0.25, -0.2) is 18.1 Å². The molecule has 9 heteroatoms. The number of halogens is 1. The van der Waals surface area contributed by atoms with Gasteiger partial charge in [0.2, 0.25) is 15.9 Å². The summed E-state index contributed by atoms with van der Waals surface area (Å²) in [6.45, 7) is 2.24. The molecule has 0 aliphatic rings. The van der Waals surface area contributed by atoms with Crippen molar-refractivity contribution in [2.24, 2.45) is 0 Å². The number of carbonyl (C=O) groups is 1. The van der Waals surface area contributed by atoms with Gasteiger partial charge < -0.3 is 5.32 Å². The zero-order valence-electron chi connectivity index (χ0n) is 12.4. The highest BCUT2D eigenvalue weighted by molar-refractivity contribution is 7.89. The van der Waals surface area contributed by atoms with Crippen molar-refractivity contribution in [2.75, 3.05) is 6.54 Å². The van der Waals surface area contributed by atoms with Crippen LogP contribution in [0.5, 0.6) is 0 Å². The standard InChI is InChI=1S/C14H16ClN3O3S2/c1-10-18-12(9-22-10)8-16-14(19)5-6-17-23(20,21)13-4-2-3-11(15)7-13/h2-4,7,9,17H,5-6,8H2,1H3,(H,16,19). The van der Waals surface area contributed by atoms with Crippen molar-refractivity contribution in [3.05, 3.63) is 45.4 Å². The van der Waals surface area contributed by atoms with Crippen LogP contribution in [0.2, 0.25) is 5.02 Å². The lowest BCUT2D eigenvalue weighted by Crippen LogP contribution is -2.30. The number of hydrogen-bond donors (Lipinski definition) is 2. The summed E-state index contributed by atoms with van der Waals surface area (Å²) in [7, 11) is -3.67. The van der Waals surface area contributed by atoms with E-state index in [-0.39, 0.29) is 23.8 Å². The van der Waals surface area contributed by atoms with E-state index in [4.69, 9.17) is 11.6 Å². The first kappa shape index (κ1) is 17.9. The SMILES string of the molecule is Cc1nc(CNC(=O)CCNS(=O)(=O)c2cccc(Cl)c2)cs1. The van der Waals surface area contributed by atoms with Crippen LogP contribution in [-0.2, 0) is 21.4 Å². The van der Waals surface area contributed by atoms with E-state index >= 15 is 0 Å². The number of amides is 1. The average molecular weight is 374 g/mol. The third-order valence-corrected chi connectivity index (χ3v) is 5.40. The van der Waals surface area contributed by atoms with Crippen LogP contribution in [-0.4, -0.2) is 25.9 Å². The molecule has 0 spiro atoms. The largest absolute Gasteiger partial charge is 0.350 e. The maximum absolute atomic E-state index is 12.0. The maximum atomic E-state index is 12.0. The highest BCUT2D eigenvalue weighted by Gasteiger charge is 2.14. The Morgan fingerprint density at radius 3 is 2.83 bits per heavy atom. The second-order valence-electron chi connectivity index (χ2n) is 4.74. The van der Waals surface area contributed by atoms with Crippen LogP contribution in [0.1, 0.15) is 17.1 Å². The van der Waals surface area contributed by atoms with Crippen molar-refractivity contribution in [2.45, 2.75) is 24.8 Å². The summed E-state index contributed by atoms with van der Waals surface area (Å²) in [6, 6.07) is 5.95. The molecule has 2 aromatic rings. The molecule has 0 atom stereocenters. The van der Waals surface area contributed by atoms with Crippen molar-refractivity contribution >= 4 is 38.9 Å². The van der Waals surface area contributed by atoms with Crippen LogP contribution in [0.25, 0.3) is 0 Å². The summed E-state index contributed by atoms with van der Waals surface area (Å²) < 4.78 is 26.5. The van der Waals surface area contributed by atoms with Gasteiger partial charge in [0, 0.05) is 23.4 Å². The number of nitrogens with zero attached hydrogens (tertiary/aromatic N) is 1. The van der Waals surface area contributed by atoms with E-state index in [0.29, 0.717) is 11.6 Å². The van der Waals surface area contributed by atoms with Gasteiger partial charge in [0.15, 0.2) is 0 Å². The Bertz CT molecular complexity index is 790. The predicted molar refractivity (Wildman–Crippen MR) is 90.0 cm³/mol. The third-order valence-electron chi connectivity index (χ3n) is 2.88. The minimum absolute atomic E-state index is 0.0107. The van der Waals surface area contributed by atoms with Crippen LogP contribution in [0, 0.1) is 6.92 Å². The van der Waals surface area contributed by atoms with Crippen LogP contribution in [0.3, 0.4) is 0 Å². The Morgan fingerprint density at radius 2 is 2.17 bits per heavy atom. The Balaban J connectivity index is 1.78. The molecule has 1 aromatic heterocycles. The Morgan fingerprint density at radius 1 is 1.39 bits per heavy atom. The molecule has 0 unspecified atom stereocenters. The average Bonchev–Trinajstić information content (AvgIpc) is 2.91. The van der Waals surface area contributed by atoms with Gasteiger partial charge in [0.05, 0.1) is 22.1 Å². The molecule has 1 amide bonds. The number of hydrogen-bond acceptors (Lipinski definition) is 5. The number of rotatable bonds is 7. The first-order valence-corrected chi connectivity index (χ1v) is 9.54. The van der Waals surface area contributed by atoms with E-state index in [0.717, 1.165) is 10.7 Å². The zero-order valence-corrected chi connectivity index (χ0v) is 14.8. The van der Waals surface area contributed by atoms with E-state index in [1.165, 1.54) is 23.5 Å². The molecule has 23 heavy (non-hydrogen) atoms. The highest BCUT2D eigenvalue weighted by atomic mass is 35.5. The smallest absolute Gasteiger partial charge is 0.240 e. The fourth-order valence-corrected chi connectivity index (χ4v) is 3.73. The quantitative estimate of drug-likeness (QED) is 0.777. The van der Waals surface area contributed by atoms with Gasteiger partial charge in [0.25, 0.3) is 0 Å². The second kappa shape index (κ2) is 7.87.